The van der Waals surface area contributed by atoms with Crippen molar-refractivity contribution in [2.75, 3.05) is 11.5 Å². The van der Waals surface area contributed by atoms with Crippen LogP contribution in [0.3, 0.4) is 0 Å². The van der Waals surface area contributed by atoms with Crippen LogP contribution in [0.2, 0.25) is 10.0 Å². The predicted molar refractivity (Wildman–Crippen MR) is 84.2 cm³/mol. The minimum Gasteiger partial charge on any atom is -0.399 e. The molecule has 2 aromatic carbocycles. The van der Waals surface area contributed by atoms with Crippen LogP contribution >= 0.6 is 46.4 Å². The van der Waals surface area contributed by atoms with Crippen molar-refractivity contribution in [2.45, 2.75) is 4.33 Å². The van der Waals surface area contributed by atoms with E-state index in [4.69, 9.17) is 57.9 Å². The standard InChI is InChI=1S/C13H10Cl4N2/c14-10-6-8(18)2-3-9(10)13(16,17)7-1-4-12(19)11(15)5-7/h1-6H,18-19H2. The van der Waals surface area contributed by atoms with E-state index in [1.165, 1.54) is 0 Å². The van der Waals surface area contributed by atoms with Gasteiger partial charge in [0, 0.05) is 16.3 Å². The lowest BCUT2D eigenvalue weighted by molar-refractivity contribution is 1.04. The number of anilines is 2. The van der Waals surface area contributed by atoms with Gasteiger partial charge < -0.3 is 11.5 Å². The van der Waals surface area contributed by atoms with Gasteiger partial charge in [0.15, 0.2) is 4.33 Å². The molecule has 0 unspecified atom stereocenters. The van der Waals surface area contributed by atoms with Gasteiger partial charge >= 0.3 is 0 Å². The molecule has 0 heterocycles. The van der Waals surface area contributed by atoms with E-state index in [0.717, 1.165) is 0 Å². The van der Waals surface area contributed by atoms with Gasteiger partial charge in [-0.2, -0.15) is 0 Å². The third kappa shape index (κ3) is 2.87. The second-order valence-electron chi connectivity index (χ2n) is 4.05. The maximum atomic E-state index is 6.41. The highest BCUT2D eigenvalue weighted by molar-refractivity contribution is 6.51. The van der Waals surface area contributed by atoms with E-state index in [-0.39, 0.29) is 0 Å². The zero-order valence-corrected chi connectivity index (χ0v) is 12.7. The molecule has 0 saturated carbocycles. The van der Waals surface area contributed by atoms with Crippen LogP contribution in [0.25, 0.3) is 0 Å². The van der Waals surface area contributed by atoms with Gasteiger partial charge in [0.05, 0.1) is 10.7 Å². The van der Waals surface area contributed by atoms with E-state index in [2.05, 4.69) is 0 Å². The molecule has 6 heteroatoms. The molecular formula is C13H10Cl4N2. The molecule has 0 aliphatic carbocycles. The Balaban J connectivity index is 2.54. The predicted octanol–water partition coefficient (Wildman–Crippen LogP) is 4.84. The van der Waals surface area contributed by atoms with Crippen molar-refractivity contribution >= 4 is 57.8 Å². The number of benzene rings is 2. The Hall–Kier alpha value is -0.800. The molecule has 0 atom stereocenters. The summed E-state index contributed by atoms with van der Waals surface area (Å²) in [6.07, 6.45) is 0. The maximum Gasteiger partial charge on any atom is 0.169 e. The van der Waals surface area contributed by atoms with Crippen molar-refractivity contribution in [3.63, 3.8) is 0 Å². The largest absolute Gasteiger partial charge is 0.399 e. The van der Waals surface area contributed by atoms with Crippen LogP contribution in [0.4, 0.5) is 11.4 Å². The van der Waals surface area contributed by atoms with Gasteiger partial charge in [0.25, 0.3) is 0 Å². The van der Waals surface area contributed by atoms with Crippen LogP contribution in [-0.4, -0.2) is 0 Å². The molecule has 0 saturated heterocycles. The summed E-state index contributed by atoms with van der Waals surface area (Å²) in [5.41, 5.74) is 13.4. The van der Waals surface area contributed by atoms with E-state index < -0.39 is 4.33 Å². The average Bonchev–Trinajstić information content (AvgIpc) is 2.32. The smallest absolute Gasteiger partial charge is 0.169 e. The van der Waals surface area contributed by atoms with Crippen LogP contribution in [0.1, 0.15) is 11.1 Å². The summed E-state index contributed by atoms with van der Waals surface area (Å²) in [7, 11) is 0. The number of hydrogen-bond acceptors (Lipinski definition) is 2. The second-order valence-corrected chi connectivity index (χ2v) is 6.19. The van der Waals surface area contributed by atoms with E-state index in [9.17, 15) is 0 Å². The van der Waals surface area contributed by atoms with Crippen molar-refractivity contribution in [1.82, 2.24) is 0 Å². The van der Waals surface area contributed by atoms with Gasteiger partial charge in [-0.25, -0.2) is 0 Å². The molecule has 0 aliphatic rings. The average molecular weight is 336 g/mol. The minimum atomic E-state index is -1.33. The van der Waals surface area contributed by atoms with E-state index >= 15 is 0 Å². The molecule has 0 fully saturated rings. The monoisotopic (exact) mass is 334 g/mol. The molecule has 0 amide bonds. The molecule has 4 N–H and O–H groups in total. The molecule has 0 spiro atoms. The highest BCUT2D eigenvalue weighted by Gasteiger charge is 2.31. The first-order chi connectivity index (χ1) is 8.82. The van der Waals surface area contributed by atoms with Crippen LogP contribution in [0, 0.1) is 0 Å². The van der Waals surface area contributed by atoms with Crippen LogP contribution in [-0.2, 0) is 4.33 Å². The summed E-state index contributed by atoms with van der Waals surface area (Å²) >= 11 is 24.9. The van der Waals surface area contributed by atoms with Gasteiger partial charge in [-0.3, -0.25) is 0 Å². The first kappa shape index (κ1) is 14.6. The Labute approximate surface area is 131 Å². The molecule has 2 rings (SSSR count). The number of alkyl halides is 2. The quantitative estimate of drug-likeness (QED) is 0.609. The van der Waals surface area contributed by atoms with Crippen molar-refractivity contribution in [1.29, 1.82) is 0 Å². The van der Waals surface area contributed by atoms with Crippen molar-refractivity contribution < 1.29 is 0 Å². The molecule has 0 radical (unpaired) electrons. The lowest BCUT2D eigenvalue weighted by atomic mass is 10.0. The van der Waals surface area contributed by atoms with E-state index in [1.807, 2.05) is 0 Å². The molecular weight excluding hydrogens is 326 g/mol. The fourth-order valence-electron chi connectivity index (χ4n) is 1.66. The maximum absolute atomic E-state index is 6.41. The summed E-state index contributed by atoms with van der Waals surface area (Å²) < 4.78 is -1.33. The first-order valence-electron chi connectivity index (χ1n) is 5.31. The van der Waals surface area contributed by atoms with E-state index in [1.54, 1.807) is 36.4 Å². The van der Waals surface area contributed by atoms with Crippen LogP contribution in [0.5, 0.6) is 0 Å². The van der Waals surface area contributed by atoms with Crippen LogP contribution < -0.4 is 11.5 Å². The second kappa shape index (κ2) is 5.29. The van der Waals surface area contributed by atoms with Gasteiger partial charge in [-0.1, -0.05) is 58.5 Å². The zero-order valence-electron chi connectivity index (χ0n) is 9.63. The van der Waals surface area contributed by atoms with Gasteiger partial charge in [-0.05, 0) is 29.8 Å². The van der Waals surface area contributed by atoms with Crippen molar-refractivity contribution in [3.8, 4) is 0 Å². The molecule has 0 bridgehead atoms. The van der Waals surface area contributed by atoms with Crippen molar-refractivity contribution in [2.24, 2.45) is 0 Å². The third-order valence-electron chi connectivity index (χ3n) is 2.69. The Kier molecular flexibility index (Phi) is 4.07. The molecule has 19 heavy (non-hydrogen) atoms. The fraction of sp³-hybridized carbons (Fsp3) is 0.0769. The van der Waals surface area contributed by atoms with E-state index in [0.29, 0.717) is 32.5 Å². The highest BCUT2D eigenvalue weighted by Crippen LogP contribution is 2.45. The Bertz CT molecular complexity index is 626. The summed E-state index contributed by atoms with van der Waals surface area (Å²) in [4.78, 5) is 0. The molecule has 0 aliphatic heterocycles. The number of rotatable bonds is 2. The zero-order chi connectivity index (χ0) is 14.2. The van der Waals surface area contributed by atoms with Gasteiger partial charge in [-0.15, -0.1) is 0 Å². The molecule has 2 nitrogen and oxygen atoms in total. The molecule has 2 aromatic rings. The molecule has 100 valence electrons. The lowest BCUT2D eigenvalue weighted by Gasteiger charge is -2.22. The topological polar surface area (TPSA) is 52.0 Å². The normalized spacial score (nSPS) is 11.6. The van der Waals surface area contributed by atoms with Crippen LogP contribution in [0.15, 0.2) is 36.4 Å². The Morgan fingerprint density at radius 3 is 2.11 bits per heavy atom. The fourth-order valence-corrected chi connectivity index (χ4v) is 2.84. The number of nitrogens with two attached hydrogens (primary N) is 2. The summed E-state index contributed by atoms with van der Waals surface area (Å²) in [5, 5.41) is 0.771. The Morgan fingerprint density at radius 2 is 1.53 bits per heavy atom. The molecule has 0 aromatic heterocycles. The third-order valence-corrected chi connectivity index (χ3v) is 4.18. The first-order valence-corrected chi connectivity index (χ1v) is 6.82. The van der Waals surface area contributed by atoms with Gasteiger partial charge in [0.1, 0.15) is 0 Å². The SMILES string of the molecule is Nc1ccc(C(Cl)(Cl)c2ccc(N)c(Cl)c2)c(Cl)c1. The van der Waals surface area contributed by atoms with Crippen molar-refractivity contribution in [3.05, 3.63) is 57.6 Å². The number of hydrogen-bond donors (Lipinski definition) is 2. The minimum absolute atomic E-state index is 0.384. The lowest BCUT2D eigenvalue weighted by Crippen LogP contribution is -2.13. The summed E-state index contributed by atoms with van der Waals surface area (Å²) in [6, 6.07) is 9.91. The highest BCUT2D eigenvalue weighted by atomic mass is 35.5. The summed E-state index contributed by atoms with van der Waals surface area (Å²) in [6.45, 7) is 0. The number of nitrogen functional groups attached to an aromatic ring is 2. The number of halogens is 4. The van der Waals surface area contributed by atoms with Gasteiger partial charge in [0.2, 0.25) is 0 Å². The Morgan fingerprint density at radius 1 is 0.842 bits per heavy atom. The summed E-state index contributed by atoms with van der Waals surface area (Å²) in [5.74, 6) is 0.